The first-order chi connectivity index (χ1) is 10.2. The normalized spacial score (nSPS) is 14.1. The number of rotatable bonds is 1. The van der Waals surface area contributed by atoms with Crippen LogP contribution in [0.5, 0.6) is 5.75 Å². The molecular weight excluding hydrogens is 289 g/mol. The number of carbonyl (C=O) groups is 1. The van der Waals surface area contributed by atoms with Crippen molar-refractivity contribution in [2.75, 3.05) is 18.1 Å². The van der Waals surface area contributed by atoms with Crippen molar-refractivity contribution in [1.82, 2.24) is 0 Å². The minimum atomic E-state index is -0.436. The maximum atomic E-state index is 13.3. The number of para-hydroxylation sites is 2. The second kappa shape index (κ2) is 5.77. The zero-order valence-electron chi connectivity index (χ0n) is 11.3. The fraction of sp³-hybridized carbons (Fsp3) is 0.188. The summed E-state index contributed by atoms with van der Waals surface area (Å²) in [6.07, 6.45) is 0.745. The molecule has 0 saturated carbocycles. The molecule has 0 N–H and O–H groups in total. The number of nitrogens with zero attached hydrogens (tertiary/aromatic N) is 1. The van der Waals surface area contributed by atoms with Crippen LogP contribution >= 0.6 is 12.6 Å². The second-order valence-corrected chi connectivity index (χ2v) is 5.27. The molecule has 0 saturated heterocycles. The number of benzene rings is 2. The van der Waals surface area contributed by atoms with Crippen LogP contribution in [0.2, 0.25) is 0 Å². The summed E-state index contributed by atoms with van der Waals surface area (Å²) >= 11 is 4.03. The molecule has 0 fully saturated rings. The number of carbonyl (C=O) groups excluding carboxylic acids is 1. The number of anilines is 1. The van der Waals surface area contributed by atoms with Crippen molar-refractivity contribution in [3.8, 4) is 5.75 Å². The van der Waals surface area contributed by atoms with Crippen LogP contribution in [-0.4, -0.2) is 19.1 Å². The van der Waals surface area contributed by atoms with Gasteiger partial charge in [-0.05, 0) is 36.8 Å². The zero-order chi connectivity index (χ0) is 14.8. The number of thiol groups is 1. The lowest BCUT2D eigenvalue weighted by Gasteiger charge is -2.22. The summed E-state index contributed by atoms with van der Waals surface area (Å²) in [5, 5.41) is 0. The maximum Gasteiger partial charge on any atom is 0.258 e. The third-order valence-corrected chi connectivity index (χ3v) is 3.72. The largest absolute Gasteiger partial charge is 0.491 e. The molecule has 3 nitrogen and oxygen atoms in total. The molecule has 2 aromatic carbocycles. The van der Waals surface area contributed by atoms with Crippen molar-refractivity contribution in [1.29, 1.82) is 0 Å². The molecule has 1 aliphatic heterocycles. The van der Waals surface area contributed by atoms with Gasteiger partial charge in [0.15, 0.2) is 0 Å². The van der Waals surface area contributed by atoms with E-state index in [2.05, 4.69) is 12.6 Å². The molecule has 0 unspecified atom stereocenters. The molecule has 0 aliphatic carbocycles. The molecule has 0 radical (unpaired) electrons. The lowest BCUT2D eigenvalue weighted by Crippen LogP contribution is -2.31. The van der Waals surface area contributed by atoms with Crippen LogP contribution in [0.3, 0.4) is 0 Å². The van der Waals surface area contributed by atoms with Gasteiger partial charge in [0.05, 0.1) is 12.3 Å². The first-order valence-corrected chi connectivity index (χ1v) is 7.14. The van der Waals surface area contributed by atoms with Gasteiger partial charge in [0.25, 0.3) is 5.91 Å². The van der Waals surface area contributed by atoms with Crippen molar-refractivity contribution >= 4 is 24.2 Å². The summed E-state index contributed by atoms with van der Waals surface area (Å²) in [6.45, 7) is 1.14. The van der Waals surface area contributed by atoms with Gasteiger partial charge < -0.3 is 9.64 Å². The van der Waals surface area contributed by atoms with Crippen LogP contribution in [0.25, 0.3) is 0 Å². The van der Waals surface area contributed by atoms with E-state index in [9.17, 15) is 9.18 Å². The number of fused-ring (bicyclic) bond motifs is 1. The van der Waals surface area contributed by atoms with Crippen molar-refractivity contribution < 1.29 is 13.9 Å². The number of ether oxygens (including phenoxy) is 1. The number of amides is 1. The van der Waals surface area contributed by atoms with Gasteiger partial charge >= 0.3 is 0 Å². The molecule has 1 heterocycles. The van der Waals surface area contributed by atoms with Gasteiger partial charge in [-0.25, -0.2) is 4.39 Å². The average Bonchev–Trinajstić information content (AvgIpc) is 2.71. The van der Waals surface area contributed by atoms with Crippen LogP contribution in [0.4, 0.5) is 10.1 Å². The minimum absolute atomic E-state index is 0.167. The third kappa shape index (κ3) is 2.74. The standard InChI is InChI=1S/C16H14FNO2S/c17-12-7-6-11(10-15(12)21)16(19)18-8-3-9-20-14-5-2-1-4-13(14)18/h1-2,4-7,10,21H,3,8-9H2. The summed E-state index contributed by atoms with van der Waals surface area (Å²) in [4.78, 5) is 14.5. The van der Waals surface area contributed by atoms with Crippen molar-refractivity contribution in [2.45, 2.75) is 11.3 Å². The molecule has 3 rings (SSSR count). The minimum Gasteiger partial charge on any atom is -0.491 e. The molecule has 5 heteroatoms. The molecule has 0 atom stereocenters. The van der Waals surface area contributed by atoms with E-state index in [0.717, 1.165) is 12.1 Å². The summed E-state index contributed by atoms with van der Waals surface area (Å²) < 4.78 is 18.9. The van der Waals surface area contributed by atoms with Crippen molar-refractivity contribution in [2.24, 2.45) is 0 Å². The molecule has 1 aliphatic rings. The van der Waals surface area contributed by atoms with Crippen LogP contribution in [0.15, 0.2) is 47.4 Å². The van der Waals surface area contributed by atoms with Gasteiger partial charge in [-0.15, -0.1) is 12.6 Å². The average molecular weight is 303 g/mol. The topological polar surface area (TPSA) is 29.5 Å². The Morgan fingerprint density at radius 3 is 2.86 bits per heavy atom. The monoisotopic (exact) mass is 303 g/mol. The van der Waals surface area contributed by atoms with E-state index in [1.165, 1.54) is 18.2 Å². The van der Waals surface area contributed by atoms with E-state index in [0.29, 0.717) is 24.5 Å². The highest BCUT2D eigenvalue weighted by molar-refractivity contribution is 7.80. The first-order valence-electron chi connectivity index (χ1n) is 6.69. The predicted octanol–water partition coefficient (Wildman–Crippen LogP) is 3.54. The second-order valence-electron chi connectivity index (χ2n) is 4.79. The fourth-order valence-electron chi connectivity index (χ4n) is 2.34. The Balaban J connectivity index is 1.99. The molecule has 0 bridgehead atoms. The molecule has 0 aromatic heterocycles. The van der Waals surface area contributed by atoms with Gasteiger partial charge in [-0.2, -0.15) is 0 Å². The Bertz CT molecular complexity index is 690. The number of hydrogen-bond donors (Lipinski definition) is 1. The Hall–Kier alpha value is -2.01. The highest BCUT2D eigenvalue weighted by Crippen LogP contribution is 2.31. The van der Waals surface area contributed by atoms with E-state index in [1.54, 1.807) is 4.90 Å². The van der Waals surface area contributed by atoms with Crippen molar-refractivity contribution in [3.05, 3.63) is 53.8 Å². The molecule has 21 heavy (non-hydrogen) atoms. The molecule has 108 valence electrons. The van der Waals surface area contributed by atoms with Crippen LogP contribution in [0, 0.1) is 5.82 Å². The van der Waals surface area contributed by atoms with Gasteiger partial charge in [-0.1, -0.05) is 12.1 Å². The quantitative estimate of drug-likeness (QED) is 0.817. The third-order valence-electron chi connectivity index (χ3n) is 3.38. The molecule has 2 aromatic rings. The SMILES string of the molecule is O=C(c1ccc(F)c(S)c1)N1CCCOc2ccccc21. The highest BCUT2D eigenvalue weighted by Gasteiger charge is 2.23. The molecular formula is C16H14FNO2S. The summed E-state index contributed by atoms with van der Waals surface area (Å²) in [5.74, 6) is 0.0780. The fourth-order valence-corrected chi connectivity index (χ4v) is 2.55. The summed E-state index contributed by atoms with van der Waals surface area (Å²) in [7, 11) is 0. The van der Waals surface area contributed by atoms with Crippen LogP contribution in [-0.2, 0) is 0 Å². The lowest BCUT2D eigenvalue weighted by molar-refractivity contribution is 0.0987. The molecule has 0 spiro atoms. The number of hydrogen-bond acceptors (Lipinski definition) is 3. The van der Waals surface area contributed by atoms with Crippen LogP contribution in [0.1, 0.15) is 16.8 Å². The Labute approximate surface area is 127 Å². The van der Waals surface area contributed by atoms with Crippen LogP contribution < -0.4 is 9.64 Å². The van der Waals surface area contributed by atoms with Gasteiger partial charge in [0, 0.05) is 17.0 Å². The number of halogens is 1. The predicted molar refractivity (Wildman–Crippen MR) is 81.9 cm³/mol. The Morgan fingerprint density at radius 2 is 2.05 bits per heavy atom. The van der Waals surface area contributed by atoms with E-state index in [4.69, 9.17) is 4.74 Å². The highest BCUT2D eigenvalue weighted by atomic mass is 32.1. The Kier molecular flexibility index (Phi) is 3.84. The van der Waals surface area contributed by atoms with Crippen molar-refractivity contribution in [3.63, 3.8) is 0 Å². The molecule has 1 amide bonds. The summed E-state index contributed by atoms with van der Waals surface area (Å²) in [6, 6.07) is 11.6. The summed E-state index contributed by atoms with van der Waals surface area (Å²) in [5.41, 5.74) is 1.16. The lowest BCUT2D eigenvalue weighted by atomic mass is 10.1. The Morgan fingerprint density at radius 1 is 1.24 bits per heavy atom. The van der Waals surface area contributed by atoms with Gasteiger partial charge in [-0.3, -0.25) is 4.79 Å². The van der Waals surface area contributed by atoms with Gasteiger partial charge in [0.2, 0.25) is 0 Å². The smallest absolute Gasteiger partial charge is 0.258 e. The van der Waals surface area contributed by atoms with E-state index < -0.39 is 5.82 Å². The first kappa shape index (κ1) is 13.9. The maximum absolute atomic E-state index is 13.3. The van der Waals surface area contributed by atoms with E-state index in [-0.39, 0.29) is 10.8 Å². The van der Waals surface area contributed by atoms with E-state index in [1.807, 2.05) is 24.3 Å². The van der Waals surface area contributed by atoms with E-state index >= 15 is 0 Å². The van der Waals surface area contributed by atoms with Gasteiger partial charge in [0.1, 0.15) is 11.6 Å². The zero-order valence-corrected chi connectivity index (χ0v) is 12.1.